The zero-order chi connectivity index (χ0) is 23.3. The standard InChI is InChI=1S/C27H50INO2/c1-7-12-22(20(4)13-14-23(30)31)25(5,9-3)19-29-24-21(8-2)15-18-27(28)17-11-10-16-26(24,27)6/h20-22,24,29H,7-19H2,1-6H3,(H,30,31)/t20-,21?,22?,24?,25+,26?,27?/m0/s1. The van der Waals surface area contributed by atoms with Crippen LogP contribution in [0.3, 0.4) is 0 Å². The highest BCUT2D eigenvalue weighted by atomic mass is 127. The van der Waals surface area contributed by atoms with Gasteiger partial charge in [0.25, 0.3) is 0 Å². The van der Waals surface area contributed by atoms with Crippen LogP contribution in [0.5, 0.6) is 0 Å². The molecular formula is C27H50INO2. The molecule has 2 fully saturated rings. The molecule has 2 rings (SSSR count). The highest BCUT2D eigenvalue weighted by molar-refractivity contribution is 14.1. The monoisotopic (exact) mass is 547 g/mol. The minimum absolute atomic E-state index is 0.211. The molecule has 7 atom stereocenters. The maximum atomic E-state index is 11.2. The Morgan fingerprint density at radius 2 is 1.87 bits per heavy atom. The number of hydrogen-bond donors (Lipinski definition) is 2. The highest BCUT2D eigenvalue weighted by Gasteiger charge is 2.56. The number of carboxylic acids is 1. The van der Waals surface area contributed by atoms with Gasteiger partial charge in [-0.25, -0.2) is 0 Å². The van der Waals surface area contributed by atoms with Gasteiger partial charge in [0.2, 0.25) is 0 Å². The van der Waals surface area contributed by atoms with Gasteiger partial charge >= 0.3 is 5.97 Å². The number of alkyl halides is 1. The molecule has 2 saturated carbocycles. The number of carbonyl (C=O) groups is 1. The molecule has 0 aromatic heterocycles. The van der Waals surface area contributed by atoms with Gasteiger partial charge in [-0.1, -0.05) is 89.8 Å². The van der Waals surface area contributed by atoms with Gasteiger partial charge in [-0.2, -0.15) is 0 Å². The molecule has 0 saturated heterocycles. The summed E-state index contributed by atoms with van der Waals surface area (Å²) in [4.78, 5) is 11.2. The average Bonchev–Trinajstić information content (AvgIpc) is 2.74. The maximum Gasteiger partial charge on any atom is 0.303 e. The normalized spacial score (nSPS) is 35.1. The summed E-state index contributed by atoms with van der Waals surface area (Å²) in [5.41, 5.74) is 0.594. The Morgan fingerprint density at radius 1 is 1.19 bits per heavy atom. The molecule has 0 aliphatic heterocycles. The first kappa shape index (κ1) is 27.4. The molecule has 0 aromatic rings. The second-order valence-corrected chi connectivity index (χ2v) is 13.5. The smallest absolute Gasteiger partial charge is 0.303 e. The summed E-state index contributed by atoms with van der Waals surface area (Å²) in [6.45, 7) is 15.4. The number of carboxylic acid groups (broad SMARTS) is 1. The van der Waals surface area contributed by atoms with E-state index < -0.39 is 5.97 Å². The first-order valence-electron chi connectivity index (χ1n) is 13.2. The second kappa shape index (κ2) is 11.5. The number of fused-ring (bicyclic) bond motifs is 1. The Kier molecular flexibility index (Phi) is 10.2. The minimum atomic E-state index is -0.657. The van der Waals surface area contributed by atoms with Crippen LogP contribution in [0, 0.1) is 28.6 Å². The van der Waals surface area contributed by atoms with Crippen molar-refractivity contribution in [1.82, 2.24) is 5.32 Å². The first-order valence-corrected chi connectivity index (χ1v) is 14.3. The van der Waals surface area contributed by atoms with Crippen LogP contribution < -0.4 is 5.32 Å². The average molecular weight is 548 g/mol. The van der Waals surface area contributed by atoms with Gasteiger partial charge in [0, 0.05) is 22.4 Å². The van der Waals surface area contributed by atoms with Crippen molar-refractivity contribution in [2.24, 2.45) is 28.6 Å². The van der Waals surface area contributed by atoms with Crippen LogP contribution in [0.25, 0.3) is 0 Å². The quantitative estimate of drug-likeness (QED) is 0.193. The zero-order valence-corrected chi connectivity index (χ0v) is 23.4. The van der Waals surface area contributed by atoms with Crippen molar-refractivity contribution in [1.29, 1.82) is 0 Å². The van der Waals surface area contributed by atoms with Gasteiger partial charge in [-0.3, -0.25) is 4.79 Å². The lowest BCUT2D eigenvalue weighted by molar-refractivity contribution is -0.137. The van der Waals surface area contributed by atoms with E-state index in [1.54, 1.807) is 0 Å². The van der Waals surface area contributed by atoms with Crippen LogP contribution in [-0.2, 0) is 4.79 Å². The molecule has 2 aliphatic rings. The number of hydrogen-bond acceptors (Lipinski definition) is 2. The van der Waals surface area contributed by atoms with Crippen LogP contribution in [0.1, 0.15) is 119 Å². The summed E-state index contributed by atoms with van der Waals surface area (Å²) in [5, 5.41) is 13.4. The molecule has 2 N–H and O–H groups in total. The maximum absolute atomic E-state index is 11.2. The van der Waals surface area contributed by atoms with E-state index in [-0.39, 0.29) is 5.41 Å². The van der Waals surface area contributed by atoms with E-state index >= 15 is 0 Å². The van der Waals surface area contributed by atoms with Gasteiger partial charge in [-0.05, 0) is 73.5 Å². The van der Waals surface area contributed by atoms with E-state index in [0.29, 0.717) is 33.1 Å². The summed E-state index contributed by atoms with van der Waals surface area (Å²) < 4.78 is 0.451. The molecule has 31 heavy (non-hydrogen) atoms. The fourth-order valence-electron chi connectivity index (χ4n) is 7.23. The summed E-state index contributed by atoms with van der Waals surface area (Å²) in [7, 11) is 0. The SMILES string of the molecule is CCCC([C@@H](C)CCC(=O)O)[C@](C)(CC)CNC1C(CC)CCC2(I)CCCCC12C. The Balaban J connectivity index is 2.22. The van der Waals surface area contributed by atoms with Crippen molar-refractivity contribution >= 4 is 28.6 Å². The summed E-state index contributed by atoms with van der Waals surface area (Å²) in [6.07, 6.45) is 14.2. The van der Waals surface area contributed by atoms with Crippen LogP contribution in [0.2, 0.25) is 0 Å². The lowest BCUT2D eigenvalue weighted by Gasteiger charge is -2.59. The Labute approximate surface area is 206 Å². The fraction of sp³-hybridized carbons (Fsp3) is 0.963. The third kappa shape index (κ3) is 6.00. The Hall–Kier alpha value is 0.160. The molecule has 0 radical (unpaired) electrons. The molecule has 0 bridgehead atoms. The predicted molar refractivity (Wildman–Crippen MR) is 141 cm³/mol. The lowest BCUT2D eigenvalue weighted by atomic mass is 9.54. The molecule has 182 valence electrons. The van der Waals surface area contributed by atoms with Crippen LogP contribution in [0.15, 0.2) is 0 Å². The molecule has 5 unspecified atom stereocenters. The molecule has 4 heteroatoms. The molecular weight excluding hydrogens is 497 g/mol. The van der Waals surface area contributed by atoms with Gasteiger partial charge in [0.05, 0.1) is 0 Å². The molecule has 0 amide bonds. The van der Waals surface area contributed by atoms with Gasteiger partial charge in [0.15, 0.2) is 0 Å². The van der Waals surface area contributed by atoms with E-state index in [0.717, 1.165) is 25.3 Å². The Bertz CT molecular complexity index is 584. The number of halogens is 1. The molecule has 0 heterocycles. The predicted octanol–water partition coefficient (Wildman–Crippen LogP) is 7.85. The van der Waals surface area contributed by atoms with Crippen LogP contribution >= 0.6 is 22.6 Å². The topological polar surface area (TPSA) is 49.3 Å². The number of rotatable bonds is 12. The lowest BCUT2D eigenvalue weighted by Crippen LogP contribution is -2.63. The zero-order valence-electron chi connectivity index (χ0n) is 21.2. The van der Waals surface area contributed by atoms with Gasteiger partial charge in [0.1, 0.15) is 0 Å². The van der Waals surface area contributed by atoms with E-state index in [1.807, 2.05) is 0 Å². The van der Waals surface area contributed by atoms with Crippen molar-refractivity contribution in [2.75, 3.05) is 6.54 Å². The number of aliphatic carboxylic acids is 1. The first-order chi connectivity index (χ1) is 14.6. The van der Waals surface area contributed by atoms with Crippen LogP contribution in [-0.4, -0.2) is 27.1 Å². The molecule has 0 aromatic carbocycles. The Morgan fingerprint density at radius 3 is 2.45 bits per heavy atom. The van der Waals surface area contributed by atoms with Crippen molar-refractivity contribution in [3.63, 3.8) is 0 Å². The van der Waals surface area contributed by atoms with E-state index in [2.05, 4.69) is 69.5 Å². The van der Waals surface area contributed by atoms with Crippen molar-refractivity contribution < 1.29 is 9.90 Å². The fourth-order valence-corrected chi connectivity index (χ4v) is 8.53. The van der Waals surface area contributed by atoms with Crippen molar-refractivity contribution in [3.8, 4) is 0 Å². The van der Waals surface area contributed by atoms with E-state index in [9.17, 15) is 9.90 Å². The minimum Gasteiger partial charge on any atom is -0.481 e. The second-order valence-electron chi connectivity index (χ2n) is 11.5. The number of nitrogens with one attached hydrogen (secondary N) is 1. The summed E-state index contributed by atoms with van der Waals surface area (Å²) in [5.74, 6) is 1.14. The molecule has 0 spiro atoms. The summed E-state index contributed by atoms with van der Waals surface area (Å²) in [6, 6.07) is 0.603. The summed E-state index contributed by atoms with van der Waals surface area (Å²) >= 11 is 2.85. The highest BCUT2D eigenvalue weighted by Crippen LogP contribution is 2.59. The van der Waals surface area contributed by atoms with Crippen molar-refractivity contribution in [3.05, 3.63) is 0 Å². The molecule has 2 aliphatic carbocycles. The van der Waals surface area contributed by atoms with E-state index in [4.69, 9.17) is 0 Å². The third-order valence-electron chi connectivity index (χ3n) is 9.67. The van der Waals surface area contributed by atoms with E-state index in [1.165, 1.54) is 57.8 Å². The molecule has 3 nitrogen and oxygen atoms in total. The van der Waals surface area contributed by atoms with Crippen molar-refractivity contribution in [2.45, 2.75) is 128 Å². The van der Waals surface area contributed by atoms with Gasteiger partial charge in [-0.15, -0.1) is 0 Å². The van der Waals surface area contributed by atoms with Gasteiger partial charge < -0.3 is 10.4 Å². The van der Waals surface area contributed by atoms with Crippen LogP contribution in [0.4, 0.5) is 0 Å². The third-order valence-corrected chi connectivity index (χ3v) is 12.0. The largest absolute Gasteiger partial charge is 0.481 e.